The van der Waals surface area contributed by atoms with Gasteiger partial charge in [-0.15, -0.1) is 23.5 Å². The second-order valence-electron chi connectivity index (χ2n) is 7.89. The maximum absolute atomic E-state index is 12.8. The van der Waals surface area contributed by atoms with Gasteiger partial charge in [-0.2, -0.15) is 0 Å². The van der Waals surface area contributed by atoms with Crippen molar-refractivity contribution in [3.8, 4) is 0 Å². The molecule has 4 rings (SSSR count). The Morgan fingerprint density at radius 2 is 2.08 bits per heavy atom. The van der Waals surface area contributed by atoms with E-state index in [0.717, 1.165) is 4.90 Å². The van der Waals surface area contributed by atoms with Gasteiger partial charge >= 0.3 is 5.97 Å². The lowest BCUT2D eigenvalue weighted by Crippen LogP contribution is -2.71. The van der Waals surface area contributed by atoms with Crippen LogP contribution in [0.1, 0.15) is 10.4 Å². The van der Waals surface area contributed by atoms with Gasteiger partial charge < -0.3 is 20.0 Å². The van der Waals surface area contributed by atoms with Crippen molar-refractivity contribution in [3.63, 3.8) is 0 Å². The number of carboxylic acids is 1. The van der Waals surface area contributed by atoms with Crippen LogP contribution >= 0.6 is 46.7 Å². The molecule has 188 valence electrons. The van der Waals surface area contributed by atoms with Gasteiger partial charge in [-0.05, 0) is 24.3 Å². The summed E-state index contributed by atoms with van der Waals surface area (Å²) in [5.74, 6) is -2.99. The molecule has 2 aromatic rings. The van der Waals surface area contributed by atoms with E-state index in [1.165, 1.54) is 23.5 Å². The zero-order valence-electron chi connectivity index (χ0n) is 18.7. The summed E-state index contributed by atoms with van der Waals surface area (Å²) in [5, 5.41) is 14.8. The number of fused-ring (bicyclic) bond motifs is 1. The third-order valence-corrected chi connectivity index (χ3v) is 8.43. The predicted octanol–water partition coefficient (Wildman–Crippen LogP) is 1.17. The van der Waals surface area contributed by atoms with Crippen molar-refractivity contribution in [1.82, 2.24) is 10.2 Å². The minimum atomic E-state index is -1.55. The number of hydrogen-bond donors (Lipinski definition) is 1. The smallest absolute Gasteiger partial charge is 0.344 e. The highest BCUT2D eigenvalue weighted by Crippen LogP contribution is 2.40. The molecule has 1 N–H and O–H groups in total. The zero-order chi connectivity index (χ0) is 26.0. The predicted molar refractivity (Wildman–Crippen MR) is 132 cm³/mol. The van der Waals surface area contributed by atoms with Gasteiger partial charge in [0, 0.05) is 27.3 Å². The lowest BCUT2D eigenvalue weighted by molar-refractivity contribution is -0.671. The first-order chi connectivity index (χ1) is 17.2. The minimum absolute atomic E-state index is 0.0111. The van der Waals surface area contributed by atoms with Crippen LogP contribution in [0.25, 0.3) is 0 Å². The molecular formula is C23H19Cl2N3O6S2. The molecule has 0 radical (unpaired) electrons. The molecule has 1 unspecified atom stereocenters. The van der Waals surface area contributed by atoms with Crippen molar-refractivity contribution in [2.24, 2.45) is 7.05 Å². The Morgan fingerprint density at radius 3 is 2.81 bits per heavy atom. The first-order valence-electron chi connectivity index (χ1n) is 10.5. The average Bonchev–Trinajstić information content (AvgIpc) is 2.85. The number of rotatable bonds is 8. The summed E-state index contributed by atoms with van der Waals surface area (Å²) in [6, 6.07) is 7.26. The SMILES string of the molecule is C[n+]1cccc(C(=O)OCC2=C(C(=O)[O-])N3C(=O)[C@@H](NC(=O)CSc4cc(Cl)ccc4Cl)C3SC2)c1. The summed E-state index contributed by atoms with van der Waals surface area (Å²) < 4.78 is 6.96. The van der Waals surface area contributed by atoms with Crippen molar-refractivity contribution < 1.29 is 33.6 Å². The molecule has 1 aromatic carbocycles. The lowest BCUT2D eigenvalue weighted by Gasteiger charge is -2.50. The fraction of sp³-hybridized carbons (Fsp3) is 0.261. The summed E-state index contributed by atoms with van der Waals surface area (Å²) in [6.45, 7) is -0.307. The average molecular weight is 568 g/mol. The molecule has 9 nitrogen and oxygen atoms in total. The highest BCUT2D eigenvalue weighted by Gasteiger charge is 2.52. The number of aryl methyl sites for hydroxylation is 1. The Kier molecular flexibility index (Phi) is 8.13. The van der Waals surface area contributed by atoms with E-state index >= 15 is 0 Å². The van der Waals surface area contributed by atoms with Gasteiger partial charge in [-0.1, -0.05) is 23.2 Å². The second-order valence-corrected chi connectivity index (χ2v) is 10.9. The number of amides is 2. The number of thioether (sulfide) groups is 2. The van der Waals surface area contributed by atoms with Crippen molar-refractivity contribution in [2.75, 3.05) is 18.1 Å². The first-order valence-corrected chi connectivity index (χ1v) is 13.3. The van der Waals surface area contributed by atoms with Gasteiger partial charge in [-0.25, -0.2) is 9.36 Å². The van der Waals surface area contributed by atoms with Crippen molar-refractivity contribution >= 4 is 70.5 Å². The number of β-lactam (4-membered cyclic amide) rings is 1. The number of ether oxygens (including phenoxy) is 1. The number of aliphatic carboxylic acids is 1. The molecule has 2 aliphatic heterocycles. The molecule has 13 heteroatoms. The third-order valence-electron chi connectivity index (χ3n) is 5.36. The Bertz CT molecular complexity index is 1290. The van der Waals surface area contributed by atoms with Gasteiger partial charge in [0.15, 0.2) is 12.4 Å². The number of halogens is 2. The molecule has 0 saturated carbocycles. The van der Waals surface area contributed by atoms with Crippen LogP contribution in [-0.2, 0) is 26.2 Å². The molecule has 2 amide bonds. The van der Waals surface area contributed by atoms with Gasteiger partial charge in [0.2, 0.25) is 5.91 Å². The van der Waals surface area contributed by atoms with E-state index in [1.54, 1.807) is 54.3 Å². The zero-order valence-corrected chi connectivity index (χ0v) is 21.9. The van der Waals surface area contributed by atoms with E-state index in [4.69, 9.17) is 27.9 Å². The number of hydrogen-bond acceptors (Lipinski definition) is 8. The van der Waals surface area contributed by atoms with E-state index in [2.05, 4.69) is 5.32 Å². The number of carbonyl (C=O) groups excluding carboxylic acids is 4. The monoisotopic (exact) mass is 567 g/mol. The maximum atomic E-state index is 12.8. The van der Waals surface area contributed by atoms with E-state index in [-0.39, 0.29) is 29.4 Å². The number of benzene rings is 1. The Balaban J connectivity index is 1.38. The van der Waals surface area contributed by atoms with Crippen molar-refractivity contribution in [1.29, 1.82) is 0 Å². The molecular weight excluding hydrogens is 549 g/mol. The summed E-state index contributed by atoms with van der Waals surface area (Å²) in [4.78, 5) is 51.2. The van der Waals surface area contributed by atoms with Crippen LogP contribution in [0.4, 0.5) is 0 Å². The normalized spacial score (nSPS) is 18.9. The van der Waals surface area contributed by atoms with Crippen LogP contribution in [0.3, 0.4) is 0 Å². The molecule has 2 atom stereocenters. The van der Waals surface area contributed by atoms with Crippen molar-refractivity contribution in [2.45, 2.75) is 16.3 Å². The number of pyridine rings is 1. The van der Waals surface area contributed by atoms with Crippen molar-refractivity contribution in [3.05, 3.63) is 69.6 Å². The van der Waals surface area contributed by atoms with Crippen LogP contribution in [0.2, 0.25) is 10.0 Å². The van der Waals surface area contributed by atoms with Crippen LogP contribution < -0.4 is 15.0 Å². The summed E-state index contributed by atoms with van der Waals surface area (Å²) in [5.41, 5.74) is 0.214. The standard InChI is InChI=1S/C23H19Cl2N3O6S2/c1-27-6-2-3-12(8-27)23(33)34-9-13-10-36-21-18(20(30)28(21)19(13)22(31)32)26-17(29)11-35-16-7-14(24)4-5-15(16)25/h2-8,18,21H,9-11H2,1H3,(H-,26,29,31,32)/t18-,21?/m1/s1. The number of nitrogens with one attached hydrogen (secondary N) is 1. The topological polar surface area (TPSA) is 120 Å². The Labute approximate surface area is 224 Å². The first kappa shape index (κ1) is 26.3. The van der Waals surface area contributed by atoms with Gasteiger partial charge in [-0.3, -0.25) is 14.5 Å². The number of nitrogens with zero attached hydrogens (tertiary/aromatic N) is 2. The molecule has 2 aliphatic rings. The summed E-state index contributed by atoms with van der Waals surface area (Å²) >= 11 is 14.5. The van der Waals surface area contributed by atoms with Gasteiger partial charge in [0.25, 0.3) is 5.91 Å². The number of esters is 1. The van der Waals surface area contributed by atoms with E-state index in [0.29, 0.717) is 20.5 Å². The van der Waals surface area contributed by atoms with Gasteiger partial charge in [0.05, 0.1) is 22.4 Å². The molecule has 1 aromatic heterocycles. The van der Waals surface area contributed by atoms with E-state index in [9.17, 15) is 24.3 Å². The lowest BCUT2D eigenvalue weighted by atomic mass is 10.0. The van der Waals surface area contributed by atoms with Crippen LogP contribution in [0.15, 0.2) is 58.9 Å². The molecule has 36 heavy (non-hydrogen) atoms. The third kappa shape index (κ3) is 5.64. The van der Waals surface area contributed by atoms with Crippen LogP contribution in [0.5, 0.6) is 0 Å². The summed E-state index contributed by atoms with van der Waals surface area (Å²) in [7, 11) is 1.75. The van der Waals surface area contributed by atoms with Crippen LogP contribution in [0, 0.1) is 0 Å². The second kappa shape index (κ2) is 11.1. The molecule has 0 aliphatic carbocycles. The fourth-order valence-corrected chi connectivity index (χ4v) is 6.31. The van der Waals surface area contributed by atoms with E-state index in [1.807, 2.05) is 0 Å². The Morgan fingerprint density at radius 1 is 1.31 bits per heavy atom. The Hall–Kier alpha value is -2.73. The highest BCUT2D eigenvalue weighted by molar-refractivity contribution is 8.00. The summed E-state index contributed by atoms with van der Waals surface area (Å²) in [6.07, 6.45) is 3.33. The quantitative estimate of drug-likeness (QED) is 0.218. The molecule has 1 fully saturated rings. The minimum Gasteiger partial charge on any atom is -0.543 e. The number of carbonyl (C=O) groups is 4. The highest BCUT2D eigenvalue weighted by atomic mass is 35.5. The molecule has 0 bridgehead atoms. The number of aromatic nitrogens is 1. The molecule has 1 saturated heterocycles. The molecule has 3 heterocycles. The fourth-order valence-electron chi connectivity index (χ4n) is 3.67. The van der Waals surface area contributed by atoms with E-state index < -0.39 is 35.2 Å². The molecule has 0 spiro atoms. The maximum Gasteiger partial charge on any atom is 0.344 e. The van der Waals surface area contributed by atoms with Gasteiger partial charge in [0.1, 0.15) is 30.6 Å². The number of carboxylic acid groups (broad SMARTS) is 1. The van der Waals surface area contributed by atoms with Crippen LogP contribution in [-0.4, -0.2) is 58.2 Å². The largest absolute Gasteiger partial charge is 0.543 e.